The van der Waals surface area contributed by atoms with Crippen molar-refractivity contribution in [2.75, 3.05) is 26.2 Å². The van der Waals surface area contributed by atoms with E-state index in [0.717, 1.165) is 30.2 Å². The number of nitrogens with one attached hydrogen (secondary N) is 1. The third-order valence-corrected chi connectivity index (χ3v) is 6.53. The maximum atomic E-state index is 12.7. The van der Waals surface area contributed by atoms with Crippen molar-refractivity contribution >= 4 is 50.7 Å². The molecular weight excluding hydrogens is 389 g/mol. The van der Waals surface area contributed by atoms with Gasteiger partial charge in [-0.05, 0) is 24.3 Å². The first-order valence-corrected chi connectivity index (χ1v) is 10.1. The first-order chi connectivity index (χ1) is 12.6. The lowest BCUT2D eigenvalue weighted by Gasteiger charge is -2.32. The Kier molecular flexibility index (Phi) is 5.14. The molecule has 3 aromatic rings. The summed E-state index contributed by atoms with van der Waals surface area (Å²) in [7, 11) is 0. The number of rotatable bonds is 3. The van der Waals surface area contributed by atoms with Crippen LogP contribution in [0.4, 0.5) is 0 Å². The van der Waals surface area contributed by atoms with Crippen molar-refractivity contribution in [1.29, 1.82) is 0 Å². The minimum Gasteiger partial charge on any atom is -0.327 e. The second kappa shape index (κ2) is 7.53. The van der Waals surface area contributed by atoms with E-state index < -0.39 is 0 Å². The van der Waals surface area contributed by atoms with Gasteiger partial charge in [-0.15, -0.1) is 11.3 Å². The predicted octanol–water partition coefficient (Wildman–Crippen LogP) is 3.14. The molecule has 2 heterocycles. The second-order valence-electron chi connectivity index (χ2n) is 6.40. The van der Waals surface area contributed by atoms with E-state index in [0.29, 0.717) is 28.7 Å². The van der Waals surface area contributed by atoms with E-state index in [-0.39, 0.29) is 5.91 Å². The minimum atomic E-state index is -0.0449. The van der Waals surface area contributed by atoms with Crippen LogP contribution in [-0.2, 0) is 6.54 Å². The molecule has 1 aliphatic heterocycles. The van der Waals surface area contributed by atoms with E-state index >= 15 is 0 Å². The molecule has 0 aliphatic carbocycles. The van der Waals surface area contributed by atoms with Gasteiger partial charge in [0.25, 0.3) is 5.91 Å². The normalized spacial score (nSPS) is 15.5. The zero-order valence-electron chi connectivity index (χ0n) is 14.0. The summed E-state index contributed by atoms with van der Waals surface area (Å²) in [5.74, 6) is -0.0449. The molecule has 134 valence electrons. The van der Waals surface area contributed by atoms with Crippen LogP contribution in [0.25, 0.3) is 10.2 Å². The third kappa shape index (κ3) is 3.58. The number of nitrogens with zero attached hydrogens (tertiary/aromatic N) is 2. The standard InChI is InChI=1S/C19H17Cl2N3OS/c20-14-5-3-4-13(18(14)21)19(25)24-10-8-23(9-11-24)12-17-22-15-6-1-2-7-16(15)26-17/h1-7H,8-12H2/p+1. The summed E-state index contributed by atoms with van der Waals surface area (Å²) in [6.07, 6.45) is 0. The van der Waals surface area contributed by atoms with Crippen LogP contribution < -0.4 is 4.90 Å². The van der Waals surface area contributed by atoms with Crippen molar-refractivity contribution in [3.63, 3.8) is 0 Å². The van der Waals surface area contributed by atoms with Gasteiger partial charge < -0.3 is 9.80 Å². The van der Waals surface area contributed by atoms with Crippen LogP contribution in [0, 0.1) is 0 Å². The molecule has 0 radical (unpaired) electrons. The second-order valence-corrected chi connectivity index (χ2v) is 8.30. The molecule has 1 saturated heterocycles. The van der Waals surface area contributed by atoms with Crippen molar-refractivity contribution < 1.29 is 9.69 Å². The maximum Gasteiger partial charge on any atom is 0.255 e. The van der Waals surface area contributed by atoms with Gasteiger partial charge in [0.2, 0.25) is 0 Å². The number of carbonyl (C=O) groups excluding carboxylic acids is 1. The summed E-state index contributed by atoms with van der Waals surface area (Å²) in [6.45, 7) is 4.13. The van der Waals surface area contributed by atoms with Crippen molar-refractivity contribution in [3.05, 3.63) is 63.1 Å². The Balaban J connectivity index is 1.39. The Morgan fingerprint density at radius 3 is 2.65 bits per heavy atom. The predicted molar refractivity (Wildman–Crippen MR) is 106 cm³/mol. The SMILES string of the molecule is O=C(c1cccc(Cl)c1Cl)N1CC[NH+](Cc2nc3ccccc3s2)CC1. The van der Waals surface area contributed by atoms with Gasteiger partial charge in [0, 0.05) is 0 Å². The van der Waals surface area contributed by atoms with Gasteiger partial charge in [0.1, 0.15) is 11.6 Å². The number of hydrogen-bond acceptors (Lipinski definition) is 3. The number of thiazole rings is 1. The maximum absolute atomic E-state index is 12.7. The Labute approximate surface area is 166 Å². The van der Waals surface area contributed by atoms with Gasteiger partial charge in [0.05, 0.1) is 52.0 Å². The Bertz CT molecular complexity index is 918. The molecule has 1 aromatic heterocycles. The average molecular weight is 407 g/mol. The van der Waals surface area contributed by atoms with E-state index in [1.807, 2.05) is 17.0 Å². The van der Waals surface area contributed by atoms with E-state index in [2.05, 4.69) is 12.1 Å². The number of halogens is 2. The van der Waals surface area contributed by atoms with Crippen molar-refractivity contribution in [2.45, 2.75) is 6.54 Å². The zero-order chi connectivity index (χ0) is 18.1. The molecule has 4 rings (SSSR count). The van der Waals surface area contributed by atoms with Crippen LogP contribution in [0.1, 0.15) is 15.4 Å². The molecule has 1 amide bonds. The lowest BCUT2D eigenvalue weighted by atomic mass is 10.2. The highest BCUT2D eigenvalue weighted by atomic mass is 35.5. The van der Waals surface area contributed by atoms with Gasteiger partial charge in [-0.2, -0.15) is 0 Å². The quantitative estimate of drug-likeness (QED) is 0.725. The Morgan fingerprint density at radius 1 is 1.12 bits per heavy atom. The molecule has 4 nitrogen and oxygen atoms in total. The molecule has 0 spiro atoms. The van der Waals surface area contributed by atoms with Gasteiger partial charge in [0.15, 0.2) is 0 Å². The van der Waals surface area contributed by atoms with Crippen LogP contribution in [0.3, 0.4) is 0 Å². The molecule has 7 heteroatoms. The fourth-order valence-corrected chi connectivity index (χ4v) is 4.67. The van der Waals surface area contributed by atoms with Crippen molar-refractivity contribution in [3.8, 4) is 0 Å². The molecule has 1 N–H and O–H groups in total. The van der Waals surface area contributed by atoms with Gasteiger partial charge >= 0.3 is 0 Å². The number of benzene rings is 2. The van der Waals surface area contributed by atoms with Crippen molar-refractivity contribution in [1.82, 2.24) is 9.88 Å². The first-order valence-electron chi connectivity index (χ1n) is 8.53. The number of aromatic nitrogens is 1. The Morgan fingerprint density at radius 2 is 1.88 bits per heavy atom. The summed E-state index contributed by atoms with van der Waals surface area (Å²) < 4.78 is 1.23. The Hall–Kier alpha value is -1.66. The van der Waals surface area contributed by atoms with Gasteiger partial charge in [-0.1, -0.05) is 41.4 Å². The lowest BCUT2D eigenvalue weighted by Crippen LogP contribution is -3.13. The molecule has 0 atom stereocenters. The molecule has 1 fully saturated rings. The number of hydrogen-bond donors (Lipinski definition) is 1. The smallest absolute Gasteiger partial charge is 0.255 e. The van der Waals surface area contributed by atoms with Gasteiger partial charge in [-0.3, -0.25) is 4.79 Å². The summed E-state index contributed by atoms with van der Waals surface area (Å²) >= 11 is 14.0. The summed E-state index contributed by atoms with van der Waals surface area (Å²) in [6, 6.07) is 13.4. The van der Waals surface area contributed by atoms with Gasteiger partial charge in [-0.25, -0.2) is 4.98 Å². The number of quaternary nitrogens is 1. The number of amides is 1. The molecule has 2 aromatic carbocycles. The van der Waals surface area contributed by atoms with Crippen LogP contribution in [0.5, 0.6) is 0 Å². The number of fused-ring (bicyclic) bond motifs is 1. The topological polar surface area (TPSA) is 37.6 Å². The molecule has 0 unspecified atom stereocenters. The highest BCUT2D eigenvalue weighted by Crippen LogP contribution is 2.26. The number of para-hydroxylation sites is 1. The van der Waals surface area contributed by atoms with Crippen molar-refractivity contribution in [2.24, 2.45) is 0 Å². The largest absolute Gasteiger partial charge is 0.327 e. The van der Waals surface area contributed by atoms with E-state index in [1.165, 1.54) is 9.60 Å². The van der Waals surface area contributed by atoms with E-state index in [1.54, 1.807) is 29.5 Å². The van der Waals surface area contributed by atoms with Crippen LogP contribution in [0.15, 0.2) is 42.5 Å². The van der Waals surface area contributed by atoms with E-state index in [9.17, 15) is 4.79 Å². The molecule has 0 bridgehead atoms. The highest BCUT2D eigenvalue weighted by molar-refractivity contribution is 7.18. The molecule has 1 aliphatic rings. The zero-order valence-corrected chi connectivity index (χ0v) is 16.4. The monoisotopic (exact) mass is 406 g/mol. The third-order valence-electron chi connectivity index (χ3n) is 4.68. The minimum absolute atomic E-state index is 0.0449. The molecular formula is C19H18Cl2N3OS+. The fourth-order valence-electron chi connectivity index (χ4n) is 3.25. The summed E-state index contributed by atoms with van der Waals surface area (Å²) in [5.41, 5.74) is 1.55. The average Bonchev–Trinajstić information content (AvgIpc) is 3.06. The van der Waals surface area contributed by atoms with E-state index in [4.69, 9.17) is 28.2 Å². The lowest BCUT2D eigenvalue weighted by molar-refractivity contribution is -0.917. The number of piperazine rings is 1. The highest BCUT2D eigenvalue weighted by Gasteiger charge is 2.26. The number of carbonyl (C=O) groups is 1. The fraction of sp³-hybridized carbons (Fsp3) is 0.263. The summed E-state index contributed by atoms with van der Waals surface area (Å²) in [4.78, 5) is 20.7. The molecule has 26 heavy (non-hydrogen) atoms. The van der Waals surface area contributed by atoms with Crippen LogP contribution in [0.2, 0.25) is 10.0 Å². The summed E-state index contributed by atoms with van der Waals surface area (Å²) in [5, 5.41) is 1.90. The van der Waals surface area contributed by atoms with Crippen LogP contribution in [-0.4, -0.2) is 42.0 Å². The van der Waals surface area contributed by atoms with Crippen LogP contribution >= 0.6 is 34.5 Å². The first kappa shape index (κ1) is 17.7. The molecule has 0 saturated carbocycles.